The molecule has 5 aromatic rings. The zero-order valence-electron chi connectivity index (χ0n) is 31.0. The van der Waals surface area contributed by atoms with E-state index in [1.165, 1.54) is 6.33 Å². The maximum absolute atomic E-state index is 13.0. The molecule has 7 rings (SSSR count). The first-order valence-corrected chi connectivity index (χ1v) is 18.1. The van der Waals surface area contributed by atoms with E-state index in [9.17, 15) is 9.59 Å². The Bertz CT molecular complexity index is 2060. The number of hydrogen-bond donors (Lipinski definition) is 2. The number of carbonyl (C=O) groups excluding carboxylic acids is 2. The van der Waals surface area contributed by atoms with Gasteiger partial charge in [-0.2, -0.15) is 0 Å². The second-order valence-corrected chi connectivity index (χ2v) is 13.5. The number of nitrogens with zero attached hydrogens (tertiary/aromatic N) is 4. The van der Waals surface area contributed by atoms with E-state index in [2.05, 4.69) is 25.6 Å². The van der Waals surface area contributed by atoms with E-state index < -0.39 is 48.4 Å². The maximum atomic E-state index is 13.0. The maximum Gasteiger partial charge on any atom is 0.407 e. The number of esters is 1. The number of methoxy groups -OCH3 is 1. The molecule has 0 bridgehead atoms. The fourth-order valence-electron chi connectivity index (χ4n) is 6.59. The molecule has 2 unspecified atom stereocenters. The summed E-state index contributed by atoms with van der Waals surface area (Å²) in [7, 11) is 1.64. The number of ether oxygens (including phenoxy) is 7. The molecule has 0 spiro atoms. The van der Waals surface area contributed by atoms with Gasteiger partial charge in [-0.3, -0.25) is 4.57 Å². The minimum atomic E-state index is -0.936. The lowest BCUT2D eigenvalue weighted by Gasteiger charge is -2.25. The molecule has 1 amide bonds. The Labute approximate surface area is 318 Å². The van der Waals surface area contributed by atoms with Gasteiger partial charge >= 0.3 is 12.1 Å². The lowest BCUT2D eigenvalue weighted by molar-refractivity contribution is -0.199. The second-order valence-electron chi connectivity index (χ2n) is 13.5. The summed E-state index contributed by atoms with van der Waals surface area (Å²) < 4.78 is 42.7. The quantitative estimate of drug-likeness (QED) is 0.132. The van der Waals surface area contributed by atoms with Crippen LogP contribution in [0.1, 0.15) is 43.7 Å². The van der Waals surface area contributed by atoms with Crippen LogP contribution >= 0.6 is 0 Å². The van der Waals surface area contributed by atoms with Gasteiger partial charge in [-0.05, 0) is 61.7 Å². The largest absolute Gasteiger partial charge is 0.497 e. The van der Waals surface area contributed by atoms with Gasteiger partial charge in [-0.1, -0.05) is 54.6 Å². The van der Waals surface area contributed by atoms with Crippen LogP contribution in [0.4, 0.5) is 10.6 Å². The van der Waals surface area contributed by atoms with Crippen molar-refractivity contribution in [3.63, 3.8) is 0 Å². The van der Waals surface area contributed by atoms with Crippen molar-refractivity contribution in [2.45, 2.75) is 76.7 Å². The summed E-state index contributed by atoms with van der Waals surface area (Å²) in [5.41, 5.74) is 3.99. The minimum absolute atomic E-state index is 0.163. The number of carbonyl (C=O) groups is 2. The molecule has 0 saturated carbocycles. The molecule has 5 atom stereocenters. The van der Waals surface area contributed by atoms with Crippen LogP contribution < -0.4 is 20.1 Å². The highest BCUT2D eigenvalue weighted by Crippen LogP contribution is 2.44. The number of anilines is 1. The third kappa shape index (κ3) is 8.96. The highest BCUT2D eigenvalue weighted by Gasteiger charge is 2.56. The van der Waals surface area contributed by atoms with Crippen LogP contribution in [-0.4, -0.2) is 82.0 Å². The topological polar surface area (TPSA) is 166 Å². The van der Waals surface area contributed by atoms with Gasteiger partial charge in [0.2, 0.25) is 0 Å². The zero-order valence-corrected chi connectivity index (χ0v) is 31.0. The van der Waals surface area contributed by atoms with Crippen LogP contribution in [0, 0.1) is 0 Å². The first kappa shape index (κ1) is 37.5. The molecule has 2 saturated heterocycles. The van der Waals surface area contributed by atoms with Crippen LogP contribution in [0.3, 0.4) is 0 Å². The molecule has 15 heteroatoms. The van der Waals surface area contributed by atoms with E-state index in [4.69, 9.17) is 33.2 Å². The van der Waals surface area contributed by atoms with Crippen molar-refractivity contribution < 1.29 is 42.7 Å². The standard InChI is InChI=1S/C40H44N6O9/c1-5-50-38(47)30(19-25-9-7-6-8-10-25)45-39(48)52-22-31-33-34(55-40(2,3)54-33)37(53-31)46-24-44-32-35(42-23-43-36(32)46)41-20-26-11-17-29(18-12-26)51-21-27-13-15-28(49-4)16-14-27/h6-18,23-24,30-31,33-34,37H,5,19-22H2,1-4H3,(H,45,48)(H,41,42,43)/t30-,31+,33?,34?,37+/m0/s1. The van der Waals surface area contributed by atoms with Gasteiger partial charge in [-0.15, -0.1) is 0 Å². The molecule has 0 aliphatic carbocycles. The predicted octanol–water partition coefficient (Wildman–Crippen LogP) is 5.34. The molecular weight excluding hydrogens is 708 g/mol. The molecule has 2 aromatic heterocycles. The third-order valence-electron chi connectivity index (χ3n) is 9.23. The van der Waals surface area contributed by atoms with Gasteiger partial charge < -0.3 is 43.8 Å². The minimum Gasteiger partial charge on any atom is -0.497 e. The number of imidazole rings is 1. The Hall–Kier alpha value is -5.77. The first-order valence-electron chi connectivity index (χ1n) is 18.1. The van der Waals surface area contributed by atoms with Gasteiger partial charge in [-0.25, -0.2) is 24.5 Å². The van der Waals surface area contributed by atoms with Crippen LogP contribution in [0.25, 0.3) is 11.2 Å². The van der Waals surface area contributed by atoms with Crippen molar-refractivity contribution in [1.82, 2.24) is 24.8 Å². The molecule has 288 valence electrons. The molecule has 2 fully saturated rings. The van der Waals surface area contributed by atoms with Gasteiger partial charge in [0, 0.05) is 13.0 Å². The number of hydrogen-bond acceptors (Lipinski definition) is 13. The lowest BCUT2D eigenvalue weighted by atomic mass is 10.1. The summed E-state index contributed by atoms with van der Waals surface area (Å²) in [5, 5.41) is 6.02. The van der Waals surface area contributed by atoms with Gasteiger partial charge in [0.15, 0.2) is 29.0 Å². The Morgan fingerprint density at radius 2 is 1.60 bits per heavy atom. The Morgan fingerprint density at radius 3 is 2.35 bits per heavy atom. The average Bonchev–Trinajstić information content (AvgIpc) is 3.87. The summed E-state index contributed by atoms with van der Waals surface area (Å²) in [6.07, 6.45) is 0.00453. The Kier molecular flexibility index (Phi) is 11.4. The summed E-state index contributed by atoms with van der Waals surface area (Å²) in [4.78, 5) is 39.3. The highest BCUT2D eigenvalue weighted by atomic mass is 16.8. The van der Waals surface area contributed by atoms with E-state index >= 15 is 0 Å². The van der Waals surface area contributed by atoms with Crippen molar-refractivity contribution in [1.29, 1.82) is 0 Å². The second kappa shape index (κ2) is 16.7. The number of benzene rings is 3. The van der Waals surface area contributed by atoms with E-state index in [0.29, 0.717) is 30.1 Å². The van der Waals surface area contributed by atoms with Crippen molar-refractivity contribution >= 4 is 29.0 Å². The number of nitrogens with one attached hydrogen (secondary N) is 2. The molecular formula is C40H44N6O9. The molecule has 0 radical (unpaired) electrons. The van der Waals surface area contributed by atoms with Crippen LogP contribution in [-0.2, 0) is 48.1 Å². The normalized spacial score (nSPS) is 20.4. The van der Waals surface area contributed by atoms with Gasteiger partial charge in [0.1, 0.15) is 55.4 Å². The number of rotatable bonds is 15. The monoisotopic (exact) mass is 752 g/mol. The fraction of sp³-hybridized carbons (Fsp3) is 0.375. The number of amides is 1. The molecule has 3 aromatic carbocycles. The van der Waals surface area contributed by atoms with E-state index in [0.717, 1.165) is 28.2 Å². The molecule has 2 aliphatic rings. The van der Waals surface area contributed by atoms with Gasteiger partial charge in [0.25, 0.3) is 0 Å². The lowest BCUT2D eigenvalue weighted by Crippen LogP contribution is -2.44. The Balaban J connectivity index is 0.984. The van der Waals surface area contributed by atoms with E-state index in [1.807, 2.05) is 92.7 Å². The predicted molar refractivity (Wildman–Crippen MR) is 199 cm³/mol. The highest BCUT2D eigenvalue weighted by molar-refractivity contribution is 5.83. The molecule has 2 aliphatic heterocycles. The number of fused-ring (bicyclic) bond motifs is 2. The summed E-state index contributed by atoms with van der Waals surface area (Å²) in [5.74, 6) is 0.632. The Morgan fingerprint density at radius 1 is 0.873 bits per heavy atom. The summed E-state index contributed by atoms with van der Waals surface area (Å²) >= 11 is 0. The van der Waals surface area contributed by atoms with Crippen molar-refractivity contribution in [2.24, 2.45) is 0 Å². The van der Waals surface area contributed by atoms with Crippen molar-refractivity contribution in [2.75, 3.05) is 25.6 Å². The molecule has 55 heavy (non-hydrogen) atoms. The average molecular weight is 753 g/mol. The third-order valence-corrected chi connectivity index (χ3v) is 9.23. The van der Waals surface area contributed by atoms with Crippen LogP contribution in [0.2, 0.25) is 0 Å². The molecule has 2 N–H and O–H groups in total. The molecule has 4 heterocycles. The molecule has 15 nitrogen and oxygen atoms in total. The zero-order chi connectivity index (χ0) is 38.4. The summed E-state index contributed by atoms with van der Waals surface area (Å²) in [6.45, 7) is 6.28. The first-order chi connectivity index (χ1) is 26.7. The smallest absolute Gasteiger partial charge is 0.407 e. The number of aromatic nitrogens is 4. The van der Waals surface area contributed by atoms with Gasteiger partial charge in [0.05, 0.1) is 20.0 Å². The fourth-order valence-corrected chi connectivity index (χ4v) is 6.59. The summed E-state index contributed by atoms with van der Waals surface area (Å²) in [6, 6.07) is 24.0. The SMILES string of the molecule is CCOC(=O)[C@H](Cc1ccccc1)NC(=O)OC[C@H]1O[C@@H](n2cnc3c(NCc4ccc(OCc5ccc(OC)cc5)cc4)ncnc32)C2OC(C)(C)OC21. The van der Waals surface area contributed by atoms with E-state index in [-0.39, 0.29) is 19.6 Å². The number of alkyl carbamates (subject to hydrolysis) is 1. The van der Waals surface area contributed by atoms with Crippen LogP contribution in [0.5, 0.6) is 11.5 Å². The van der Waals surface area contributed by atoms with Crippen LogP contribution in [0.15, 0.2) is 91.5 Å². The van der Waals surface area contributed by atoms with E-state index in [1.54, 1.807) is 24.9 Å². The van der Waals surface area contributed by atoms with Crippen molar-refractivity contribution in [3.05, 3.63) is 108 Å². The van der Waals surface area contributed by atoms with Crippen molar-refractivity contribution in [3.8, 4) is 11.5 Å².